The first kappa shape index (κ1) is 16.7. The highest BCUT2D eigenvalue weighted by Gasteiger charge is 2.08. The first-order chi connectivity index (χ1) is 10.8. The van der Waals surface area contributed by atoms with Crippen LogP contribution in [0.1, 0.15) is 0 Å². The molecule has 0 saturated heterocycles. The minimum Gasteiger partial charge on any atom is -1.00 e. The number of benzene rings is 2. The average molecular weight is 332 g/mol. The van der Waals surface area contributed by atoms with Gasteiger partial charge in [-0.1, -0.05) is 30.3 Å². The van der Waals surface area contributed by atoms with E-state index in [4.69, 9.17) is 13.9 Å². The van der Waals surface area contributed by atoms with E-state index in [9.17, 15) is 0 Å². The molecule has 23 heavy (non-hydrogen) atoms. The summed E-state index contributed by atoms with van der Waals surface area (Å²) in [6, 6.07) is 15.8. The molecule has 2 aromatic carbocycles. The Bertz CT molecular complexity index is 760. The number of nitrogens with zero attached hydrogens (tertiary/aromatic N) is 1. The minimum atomic E-state index is 0. The topological polar surface area (TPSA) is 56.5 Å². The Labute approximate surface area is 140 Å². The molecule has 5 nitrogen and oxygen atoms in total. The lowest BCUT2D eigenvalue weighted by atomic mass is 10.2. The van der Waals surface area contributed by atoms with Crippen LogP contribution in [0.15, 0.2) is 59.1 Å². The zero-order valence-corrected chi connectivity index (χ0v) is 13.5. The van der Waals surface area contributed by atoms with Crippen LogP contribution in [0.2, 0.25) is 0 Å². The molecule has 0 bridgehead atoms. The number of nitrogens with one attached hydrogen (secondary N) is 1. The molecule has 0 saturated carbocycles. The summed E-state index contributed by atoms with van der Waals surface area (Å²) < 4.78 is 16.2. The molecule has 6 heteroatoms. The lowest BCUT2D eigenvalue weighted by Crippen LogP contribution is -3.00. The molecule has 0 aliphatic carbocycles. The fraction of sp³-hybridized carbons (Fsp3) is 0.118. The number of anilines is 2. The number of hydrogen-bond donors (Lipinski definition) is 1. The van der Waals surface area contributed by atoms with Gasteiger partial charge in [-0.3, -0.25) is 0 Å². The van der Waals surface area contributed by atoms with Crippen LogP contribution < -0.4 is 27.2 Å². The van der Waals surface area contributed by atoms with Crippen LogP contribution in [0.5, 0.6) is 11.5 Å². The molecular weight excluding hydrogens is 316 g/mol. The molecule has 0 spiro atoms. The first-order valence-electron chi connectivity index (χ1n) is 6.80. The molecule has 120 valence electrons. The second-order valence-corrected chi connectivity index (χ2v) is 4.59. The number of halogens is 1. The van der Waals surface area contributed by atoms with Crippen LogP contribution >= 0.6 is 0 Å². The molecule has 0 radical (unpaired) electrons. The summed E-state index contributed by atoms with van der Waals surface area (Å²) in [5.41, 5.74) is 1.79. The van der Waals surface area contributed by atoms with Crippen molar-refractivity contribution in [2.45, 2.75) is 0 Å². The van der Waals surface area contributed by atoms with Crippen LogP contribution in [0.4, 0.5) is 11.7 Å². The summed E-state index contributed by atoms with van der Waals surface area (Å²) in [4.78, 5) is 4.24. The number of ether oxygens (including phenoxy) is 2. The summed E-state index contributed by atoms with van der Waals surface area (Å²) >= 11 is 0. The Balaban J connectivity index is 0.00000192. The maximum atomic E-state index is 5.71. The van der Waals surface area contributed by atoms with Gasteiger partial charge in [0.1, 0.15) is 0 Å². The van der Waals surface area contributed by atoms with E-state index in [0.29, 0.717) is 23.3 Å². The summed E-state index contributed by atoms with van der Waals surface area (Å²) in [6.45, 7) is 0. The van der Waals surface area contributed by atoms with E-state index in [-0.39, 0.29) is 12.4 Å². The van der Waals surface area contributed by atoms with Gasteiger partial charge in [0.05, 0.1) is 20.4 Å². The molecule has 3 aromatic rings. The molecule has 3 rings (SSSR count). The van der Waals surface area contributed by atoms with Gasteiger partial charge in [0.2, 0.25) is 0 Å². The molecule has 0 aliphatic rings. The van der Waals surface area contributed by atoms with Gasteiger partial charge in [0.25, 0.3) is 6.01 Å². The normalized spacial score (nSPS) is 9.83. The predicted octanol–water partition coefficient (Wildman–Crippen LogP) is 1.11. The van der Waals surface area contributed by atoms with Crippen LogP contribution in [-0.2, 0) is 0 Å². The van der Waals surface area contributed by atoms with Crippen molar-refractivity contribution in [2.24, 2.45) is 0 Å². The first-order valence-corrected chi connectivity index (χ1v) is 6.80. The summed E-state index contributed by atoms with van der Waals surface area (Å²) in [5, 5.41) is 3.11. The molecule has 0 unspecified atom stereocenters. The van der Waals surface area contributed by atoms with Gasteiger partial charge in [-0.05, 0) is 12.1 Å². The van der Waals surface area contributed by atoms with Gasteiger partial charge < -0.3 is 31.6 Å². The molecular formula is C17H16ClN2O3-. The van der Waals surface area contributed by atoms with Gasteiger partial charge in [-0.15, -0.1) is 0 Å². The lowest BCUT2D eigenvalue weighted by Gasteiger charge is -2.09. The number of oxazole rings is 1. The lowest BCUT2D eigenvalue weighted by molar-refractivity contribution is -0.00000557. The molecule has 0 aliphatic heterocycles. The maximum Gasteiger partial charge on any atom is 0.299 e. The predicted molar refractivity (Wildman–Crippen MR) is 84.8 cm³/mol. The third-order valence-corrected chi connectivity index (χ3v) is 3.20. The van der Waals surface area contributed by atoms with E-state index >= 15 is 0 Å². The number of methoxy groups -OCH3 is 2. The Morgan fingerprint density at radius 3 is 2.39 bits per heavy atom. The SMILES string of the molecule is COc1ccc(Nc2ncc(-c3ccccc3)o2)cc1OC.[Cl-]. The molecule has 1 N–H and O–H groups in total. The molecule has 1 aromatic heterocycles. The monoisotopic (exact) mass is 331 g/mol. The second-order valence-electron chi connectivity index (χ2n) is 4.59. The highest BCUT2D eigenvalue weighted by atomic mass is 35.5. The largest absolute Gasteiger partial charge is 1.00 e. The van der Waals surface area contributed by atoms with Crippen molar-refractivity contribution in [3.05, 3.63) is 54.7 Å². The zero-order chi connectivity index (χ0) is 15.4. The van der Waals surface area contributed by atoms with Crippen LogP contribution in [0.3, 0.4) is 0 Å². The Morgan fingerprint density at radius 2 is 1.70 bits per heavy atom. The van der Waals surface area contributed by atoms with Crippen molar-refractivity contribution in [3.63, 3.8) is 0 Å². The summed E-state index contributed by atoms with van der Waals surface area (Å²) in [5.74, 6) is 2.02. The van der Waals surface area contributed by atoms with Gasteiger partial charge in [0.15, 0.2) is 17.3 Å². The fourth-order valence-corrected chi connectivity index (χ4v) is 2.11. The minimum absolute atomic E-state index is 0. The Kier molecular flexibility index (Phi) is 5.49. The van der Waals surface area contributed by atoms with Crippen LogP contribution in [-0.4, -0.2) is 19.2 Å². The summed E-state index contributed by atoms with van der Waals surface area (Å²) in [6.07, 6.45) is 1.69. The van der Waals surface area contributed by atoms with Gasteiger partial charge in [0, 0.05) is 17.3 Å². The van der Waals surface area contributed by atoms with E-state index in [1.165, 1.54) is 0 Å². The highest BCUT2D eigenvalue weighted by molar-refractivity contribution is 5.62. The third-order valence-electron chi connectivity index (χ3n) is 3.20. The van der Waals surface area contributed by atoms with Crippen molar-refractivity contribution >= 4 is 11.7 Å². The van der Waals surface area contributed by atoms with E-state index in [1.54, 1.807) is 20.4 Å². The second kappa shape index (κ2) is 7.56. The Hall–Kier alpha value is -2.66. The van der Waals surface area contributed by atoms with Crippen molar-refractivity contribution < 1.29 is 26.3 Å². The molecule has 0 atom stereocenters. The maximum absolute atomic E-state index is 5.71. The van der Waals surface area contributed by atoms with E-state index in [1.807, 2.05) is 48.5 Å². The van der Waals surface area contributed by atoms with Crippen molar-refractivity contribution in [1.82, 2.24) is 4.98 Å². The van der Waals surface area contributed by atoms with Gasteiger partial charge in [-0.25, -0.2) is 4.98 Å². The average Bonchev–Trinajstić information content (AvgIpc) is 3.04. The smallest absolute Gasteiger partial charge is 0.299 e. The van der Waals surface area contributed by atoms with Crippen LogP contribution in [0, 0.1) is 0 Å². The van der Waals surface area contributed by atoms with E-state index < -0.39 is 0 Å². The molecule has 1 heterocycles. The highest BCUT2D eigenvalue weighted by Crippen LogP contribution is 2.31. The number of rotatable bonds is 5. The van der Waals surface area contributed by atoms with Crippen molar-refractivity contribution in [1.29, 1.82) is 0 Å². The van der Waals surface area contributed by atoms with Gasteiger partial charge in [-0.2, -0.15) is 0 Å². The van der Waals surface area contributed by atoms with Crippen LogP contribution in [0.25, 0.3) is 11.3 Å². The summed E-state index contributed by atoms with van der Waals surface area (Å²) in [7, 11) is 3.20. The molecule has 0 amide bonds. The quantitative estimate of drug-likeness (QED) is 0.759. The van der Waals surface area contributed by atoms with Crippen molar-refractivity contribution in [3.8, 4) is 22.8 Å². The molecule has 0 fully saturated rings. The number of hydrogen-bond acceptors (Lipinski definition) is 5. The van der Waals surface area contributed by atoms with E-state index in [0.717, 1.165) is 11.3 Å². The zero-order valence-electron chi connectivity index (χ0n) is 12.7. The van der Waals surface area contributed by atoms with E-state index in [2.05, 4.69) is 10.3 Å². The van der Waals surface area contributed by atoms with Crippen molar-refractivity contribution in [2.75, 3.05) is 19.5 Å². The standard InChI is InChI=1S/C17H16N2O3.ClH/c1-20-14-9-8-13(10-15(14)21-2)19-17-18-11-16(22-17)12-6-4-3-5-7-12;/h3-11H,1-2H3,(H,18,19);1H/p-1. The third kappa shape index (κ3) is 3.76. The van der Waals surface area contributed by atoms with Gasteiger partial charge >= 0.3 is 0 Å². The fourth-order valence-electron chi connectivity index (χ4n) is 2.11. The number of aromatic nitrogens is 1. The Morgan fingerprint density at radius 1 is 0.957 bits per heavy atom.